The van der Waals surface area contributed by atoms with Crippen molar-refractivity contribution in [3.8, 4) is 11.5 Å². The molecule has 0 unspecified atom stereocenters. The van der Waals surface area contributed by atoms with Crippen LogP contribution >= 0.6 is 0 Å². The highest BCUT2D eigenvalue weighted by Crippen LogP contribution is 2.18. The fourth-order valence-corrected chi connectivity index (χ4v) is 1.79. The molecule has 1 atom stereocenters. The maximum Gasteiger partial charge on any atom is 0.290 e. The normalized spacial score (nSPS) is 11.3. The summed E-state index contributed by atoms with van der Waals surface area (Å²) in [5.74, 6) is -0.0307. The summed E-state index contributed by atoms with van der Waals surface area (Å²) in [7, 11) is 0. The van der Waals surface area contributed by atoms with Crippen molar-refractivity contribution in [2.45, 2.75) is 20.0 Å². The van der Waals surface area contributed by atoms with Gasteiger partial charge in [-0.1, -0.05) is 0 Å². The van der Waals surface area contributed by atoms with Gasteiger partial charge in [-0.15, -0.1) is 0 Å². The first kappa shape index (κ1) is 18.0. The van der Waals surface area contributed by atoms with Crippen molar-refractivity contribution in [3.63, 3.8) is 0 Å². The van der Waals surface area contributed by atoms with E-state index in [9.17, 15) is 14.4 Å². The Hall–Kier alpha value is -3.36. The number of benzene rings is 1. The zero-order chi connectivity index (χ0) is 18.2. The lowest BCUT2D eigenvalue weighted by Crippen LogP contribution is -2.47. The zero-order valence-corrected chi connectivity index (χ0v) is 13.7. The largest absolute Gasteiger partial charge is 0.494 e. The van der Waals surface area contributed by atoms with Crippen LogP contribution in [-0.2, 0) is 4.79 Å². The number of aromatic nitrogens is 2. The molecular weight excluding hydrogens is 328 g/mol. The lowest BCUT2D eigenvalue weighted by Gasteiger charge is -2.15. The fraction of sp³-hybridized carbons (Fsp3) is 0.250. The van der Waals surface area contributed by atoms with Crippen molar-refractivity contribution in [3.05, 3.63) is 52.4 Å². The summed E-state index contributed by atoms with van der Waals surface area (Å²) in [6, 6.07) is 9.21. The summed E-state index contributed by atoms with van der Waals surface area (Å²) in [5, 5.41) is 5.67. The molecule has 25 heavy (non-hydrogen) atoms. The summed E-state index contributed by atoms with van der Waals surface area (Å²) in [6.07, 6.45) is -0.846. The minimum Gasteiger partial charge on any atom is -0.494 e. The standard InChI is InChI=1S/C16H18N4O5/c1-3-24-11-4-6-12(7-5-11)25-10(2)15(22)19-20-16(23)13-8-9-14(21)18-17-13/h4-10H,3H2,1-2H3,(H,18,21)(H,19,22)(H,20,23)/t10-/m1/s1. The predicted molar refractivity (Wildman–Crippen MR) is 88.2 cm³/mol. The summed E-state index contributed by atoms with van der Waals surface area (Å²) >= 11 is 0. The average Bonchev–Trinajstić information content (AvgIpc) is 2.61. The quantitative estimate of drug-likeness (QED) is 0.651. The smallest absolute Gasteiger partial charge is 0.290 e. The van der Waals surface area contributed by atoms with Crippen molar-refractivity contribution in [2.24, 2.45) is 0 Å². The van der Waals surface area contributed by atoms with Crippen molar-refractivity contribution < 1.29 is 19.1 Å². The molecule has 2 amide bonds. The highest BCUT2D eigenvalue weighted by atomic mass is 16.5. The van der Waals surface area contributed by atoms with Gasteiger partial charge in [0.15, 0.2) is 11.8 Å². The van der Waals surface area contributed by atoms with Gasteiger partial charge in [0.2, 0.25) is 0 Å². The summed E-state index contributed by atoms with van der Waals surface area (Å²) in [4.78, 5) is 34.6. The first-order chi connectivity index (χ1) is 12.0. The molecule has 9 heteroatoms. The van der Waals surface area contributed by atoms with Crippen molar-refractivity contribution >= 4 is 11.8 Å². The molecule has 0 bridgehead atoms. The van der Waals surface area contributed by atoms with E-state index in [0.717, 1.165) is 6.07 Å². The topological polar surface area (TPSA) is 122 Å². The first-order valence-electron chi connectivity index (χ1n) is 7.55. The van der Waals surface area contributed by atoms with Crippen LogP contribution in [0.5, 0.6) is 11.5 Å². The monoisotopic (exact) mass is 346 g/mol. The Morgan fingerprint density at radius 2 is 1.80 bits per heavy atom. The van der Waals surface area contributed by atoms with Gasteiger partial charge >= 0.3 is 0 Å². The molecule has 0 saturated heterocycles. The van der Waals surface area contributed by atoms with E-state index in [1.807, 2.05) is 6.92 Å². The Morgan fingerprint density at radius 1 is 1.12 bits per heavy atom. The molecule has 0 saturated carbocycles. The van der Waals surface area contributed by atoms with Gasteiger partial charge in [-0.05, 0) is 44.2 Å². The van der Waals surface area contributed by atoms with Crippen LogP contribution in [0, 0.1) is 0 Å². The number of H-pyrrole nitrogens is 1. The number of ether oxygens (including phenoxy) is 2. The molecule has 0 radical (unpaired) electrons. The van der Waals surface area contributed by atoms with Gasteiger partial charge in [0.05, 0.1) is 6.61 Å². The van der Waals surface area contributed by atoms with Crippen molar-refractivity contribution in [1.82, 2.24) is 21.0 Å². The van der Waals surface area contributed by atoms with Crippen LogP contribution in [-0.4, -0.2) is 34.7 Å². The molecule has 0 aliphatic carbocycles. The van der Waals surface area contributed by atoms with Crippen molar-refractivity contribution in [2.75, 3.05) is 6.61 Å². The van der Waals surface area contributed by atoms with E-state index in [0.29, 0.717) is 18.1 Å². The maximum atomic E-state index is 12.0. The van der Waals surface area contributed by atoms with Crippen LogP contribution in [0.25, 0.3) is 0 Å². The van der Waals surface area contributed by atoms with Crippen LogP contribution in [0.15, 0.2) is 41.2 Å². The lowest BCUT2D eigenvalue weighted by molar-refractivity contribution is -0.128. The molecule has 0 spiro atoms. The van der Waals surface area contributed by atoms with Gasteiger partial charge in [0.25, 0.3) is 17.4 Å². The van der Waals surface area contributed by atoms with Crippen LogP contribution in [0.2, 0.25) is 0 Å². The van der Waals surface area contributed by atoms with E-state index >= 15 is 0 Å². The summed E-state index contributed by atoms with van der Waals surface area (Å²) in [5.41, 5.74) is 3.94. The third-order valence-electron chi connectivity index (χ3n) is 3.03. The van der Waals surface area contributed by atoms with Crippen LogP contribution < -0.4 is 25.9 Å². The van der Waals surface area contributed by atoms with E-state index in [2.05, 4.69) is 21.0 Å². The Labute approximate surface area is 143 Å². The summed E-state index contributed by atoms with van der Waals surface area (Å²) < 4.78 is 10.8. The number of nitrogens with one attached hydrogen (secondary N) is 3. The van der Waals surface area contributed by atoms with Gasteiger partial charge in [0.1, 0.15) is 11.5 Å². The molecule has 132 valence electrons. The van der Waals surface area contributed by atoms with E-state index in [1.54, 1.807) is 24.3 Å². The van der Waals surface area contributed by atoms with Gasteiger partial charge in [-0.3, -0.25) is 25.2 Å². The van der Waals surface area contributed by atoms with Crippen LogP contribution in [0.1, 0.15) is 24.3 Å². The van der Waals surface area contributed by atoms with Crippen LogP contribution in [0.4, 0.5) is 0 Å². The van der Waals surface area contributed by atoms with Gasteiger partial charge in [0, 0.05) is 6.07 Å². The molecule has 0 aliphatic heterocycles. The molecule has 2 aromatic rings. The Morgan fingerprint density at radius 3 is 2.40 bits per heavy atom. The van der Waals surface area contributed by atoms with Crippen LogP contribution in [0.3, 0.4) is 0 Å². The fourth-order valence-electron chi connectivity index (χ4n) is 1.79. The number of aromatic amines is 1. The number of hydrazine groups is 1. The van der Waals surface area contributed by atoms with Gasteiger partial charge < -0.3 is 9.47 Å². The summed E-state index contributed by atoms with van der Waals surface area (Å²) in [6.45, 7) is 3.98. The molecule has 1 aromatic heterocycles. The molecule has 0 aliphatic rings. The highest BCUT2D eigenvalue weighted by Gasteiger charge is 2.16. The van der Waals surface area contributed by atoms with E-state index in [1.165, 1.54) is 13.0 Å². The second-order valence-corrected chi connectivity index (χ2v) is 4.91. The molecule has 3 N–H and O–H groups in total. The number of carbonyl (C=O) groups is 2. The van der Waals surface area contributed by atoms with E-state index < -0.39 is 23.5 Å². The molecular formula is C16H18N4O5. The Kier molecular flexibility index (Phi) is 6.10. The van der Waals surface area contributed by atoms with Crippen molar-refractivity contribution in [1.29, 1.82) is 0 Å². The second-order valence-electron chi connectivity index (χ2n) is 4.91. The predicted octanol–water partition coefficient (Wildman–Crippen LogP) is 0.397. The number of carbonyl (C=O) groups excluding carboxylic acids is 2. The Bertz CT molecular complexity index is 767. The lowest BCUT2D eigenvalue weighted by atomic mass is 10.3. The Balaban J connectivity index is 1.84. The molecule has 0 fully saturated rings. The number of nitrogens with zero attached hydrogens (tertiary/aromatic N) is 1. The number of hydrogen-bond donors (Lipinski definition) is 3. The maximum absolute atomic E-state index is 12.0. The van der Waals surface area contributed by atoms with Gasteiger partial charge in [-0.2, -0.15) is 5.10 Å². The van der Waals surface area contributed by atoms with E-state index in [4.69, 9.17) is 9.47 Å². The SMILES string of the molecule is CCOc1ccc(O[C@H](C)C(=O)NNC(=O)c2ccc(=O)[nH]n2)cc1. The highest BCUT2D eigenvalue weighted by molar-refractivity contribution is 5.93. The second kappa shape index (κ2) is 8.48. The number of amides is 2. The molecule has 1 aromatic carbocycles. The zero-order valence-electron chi connectivity index (χ0n) is 13.7. The molecule has 9 nitrogen and oxygen atoms in total. The minimum absolute atomic E-state index is 0.0417. The third-order valence-corrected chi connectivity index (χ3v) is 3.03. The van der Waals surface area contributed by atoms with Gasteiger partial charge in [-0.25, -0.2) is 5.10 Å². The average molecular weight is 346 g/mol. The molecule has 1 heterocycles. The van der Waals surface area contributed by atoms with E-state index in [-0.39, 0.29) is 5.69 Å². The first-order valence-corrected chi connectivity index (χ1v) is 7.55. The molecule has 2 rings (SSSR count). The third kappa shape index (κ3) is 5.34. The minimum atomic E-state index is -0.846. The number of rotatable bonds is 6. The number of hydrogen-bond acceptors (Lipinski definition) is 6.